The summed E-state index contributed by atoms with van der Waals surface area (Å²) < 4.78 is 1.79. The van der Waals surface area contributed by atoms with E-state index in [-0.39, 0.29) is 6.04 Å². The van der Waals surface area contributed by atoms with E-state index in [4.69, 9.17) is 0 Å². The lowest BCUT2D eigenvalue weighted by Crippen LogP contribution is -2.23. The molecular formula is C12H19N7. The minimum absolute atomic E-state index is 0.200. The lowest BCUT2D eigenvalue weighted by molar-refractivity contribution is 0.558. The Bertz CT molecular complexity index is 521. The predicted molar refractivity (Wildman–Crippen MR) is 74.2 cm³/mol. The molecule has 0 aromatic carbocycles. The molecule has 0 radical (unpaired) electrons. The fourth-order valence-electron chi connectivity index (χ4n) is 1.73. The molecule has 0 aliphatic carbocycles. The Morgan fingerprint density at radius 1 is 1.37 bits per heavy atom. The number of anilines is 2. The second-order valence-corrected chi connectivity index (χ2v) is 4.75. The number of nitrogens with zero attached hydrogens (tertiary/aromatic N) is 6. The number of nitrogens with one attached hydrogen (secondary N) is 1. The largest absolute Gasteiger partial charge is 0.366 e. The normalized spacial score (nSPS) is 12.2. The molecule has 1 atom stereocenters. The molecule has 2 rings (SSSR count). The van der Waals surface area contributed by atoms with Crippen LogP contribution in [0.15, 0.2) is 18.7 Å². The number of aryl methyl sites for hydroxylation is 1. The van der Waals surface area contributed by atoms with Gasteiger partial charge in [-0.3, -0.25) is 4.68 Å². The van der Waals surface area contributed by atoms with Gasteiger partial charge in [0.15, 0.2) is 0 Å². The number of aromatic nitrogens is 5. The Kier molecular flexibility index (Phi) is 3.94. The first-order valence-electron chi connectivity index (χ1n) is 6.16. The molecule has 0 aliphatic rings. The van der Waals surface area contributed by atoms with Crippen molar-refractivity contribution in [2.45, 2.75) is 26.4 Å². The van der Waals surface area contributed by atoms with Gasteiger partial charge in [0.2, 0.25) is 5.95 Å². The van der Waals surface area contributed by atoms with Crippen molar-refractivity contribution in [3.63, 3.8) is 0 Å². The topological polar surface area (TPSA) is 71.8 Å². The van der Waals surface area contributed by atoms with E-state index in [2.05, 4.69) is 32.3 Å². The van der Waals surface area contributed by atoms with Crippen LogP contribution in [0.25, 0.3) is 0 Å². The van der Waals surface area contributed by atoms with Crippen LogP contribution in [0.5, 0.6) is 0 Å². The van der Waals surface area contributed by atoms with Crippen LogP contribution < -0.4 is 10.2 Å². The molecule has 0 saturated carbocycles. The first-order valence-corrected chi connectivity index (χ1v) is 6.16. The molecule has 0 spiro atoms. The smallest absolute Gasteiger partial charge is 0.226 e. The first-order chi connectivity index (χ1) is 9.04. The number of hydrogen-bond acceptors (Lipinski definition) is 6. The summed E-state index contributed by atoms with van der Waals surface area (Å²) in [5, 5.41) is 7.44. The van der Waals surface area contributed by atoms with Crippen LogP contribution >= 0.6 is 0 Å². The molecule has 0 aliphatic heterocycles. The summed E-state index contributed by atoms with van der Waals surface area (Å²) in [6, 6.07) is 2.14. The quantitative estimate of drug-likeness (QED) is 0.863. The summed E-state index contributed by atoms with van der Waals surface area (Å²) in [5.41, 5.74) is 0.939. The Morgan fingerprint density at radius 2 is 2.16 bits per heavy atom. The molecule has 7 heteroatoms. The van der Waals surface area contributed by atoms with Crippen molar-refractivity contribution in [1.82, 2.24) is 24.7 Å². The van der Waals surface area contributed by atoms with Crippen molar-refractivity contribution in [1.29, 1.82) is 0 Å². The average molecular weight is 261 g/mol. The van der Waals surface area contributed by atoms with Gasteiger partial charge in [0, 0.05) is 31.9 Å². The maximum absolute atomic E-state index is 4.46. The average Bonchev–Trinajstić information content (AvgIpc) is 2.80. The van der Waals surface area contributed by atoms with Gasteiger partial charge in [-0.2, -0.15) is 10.1 Å². The summed E-state index contributed by atoms with van der Waals surface area (Å²) in [6.45, 7) is 4.77. The van der Waals surface area contributed by atoms with Crippen LogP contribution in [0, 0.1) is 6.92 Å². The second-order valence-electron chi connectivity index (χ2n) is 4.75. The number of rotatable bonds is 5. The third kappa shape index (κ3) is 3.64. The van der Waals surface area contributed by atoms with Crippen molar-refractivity contribution >= 4 is 11.8 Å². The highest BCUT2D eigenvalue weighted by molar-refractivity contribution is 5.43. The fraction of sp³-hybridized carbons (Fsp3) is 0.500. The summed E-state index contributed by atoms with van der Waals surface area (Å²) in [4.78, 5) is 14.6. The van der Waals surface area contributed by atoms with Crippen LogP contribution in [0.1, 0.15) is 12.6 Å². The van der Waals surface area contributed by atoms with Crippen molar-refractivity contribution in [2.75, 3.05) is 24.3 Å². The van der Waals surface area contributed by atoms with Crippen molar-refractivity contribution in [3.05, 3.63) is 24.4 Å². The Morgan fingerprint density at radius 3 is 2.79 bits per heavy atom. The zero-order valence-corrected chi connectivity index (χ0v) is 11.7. The highest BCUT2D eigenvalue weighted by Crippen LogP contribution is 2.12. The van der Waals surface area contributed by atoms with Crippen molar-refractivity contribution in [3.8, 4) is 0 Å². The molecule has 2 aromatic rings. The first kappa shape index (κ1) is 13.3. The minimum atomic E-state index is 0.200. The van der Waals surface area contributed by atoms with Crippen LogP contribution in [0.3, 0.4) is 0 Å². The molecule has 0 bridgehead atoms. The van der Waals surface area contributed by atoms with Crippen LogP contribution in [-0.4, -0.2) is 44.9 Å². The minimum Gasteiger partial charge on any atom is -0.366 e. The molecule has 19 heavy (non-hydrogen) atoms. The molecule has 1 N–H and O–H groups in total. The van der Waals surface area contributed by atoms with Gasteiger partial charge in [-0.1, -0.05) is 0 Å². The SMILES string of the molecule is Cc1cc(N[C@H](C)Cn2cncn2)nc(N(C)C)n1. The summed E-state index contributed by atoms with van der Waals surface area (Å²) >= 11 is 0. The Balaban J connectivity index is 2.05. The monoisotopic (exact) mass is 261 g/mol. The van der Waals surface area contributed by atoms with E-state index in [1.165, 1.54) is 6.33 Å². The van der Waals surface area contributed by atoms with E-state index >= 15 is 0 Å². The van der Waals surface area contributed by atoms with Gasteiger partial charge < -0.3 is 10.2 Å². The van der Waals surface area contributed by atoms with E-state index < -0.39 is 0 Å². The van der Waals surface area contributed by atoms with Gasteiger partial charge in [-0.15, -0.1) is 0 Å². The van der Waals surface area contributed by atoms with Crippen LogP contribution in [0.2, 0.25) is 0 Å². The lowest BCUT2D eigenvalue weighted by Gasteiger charge is -2.17. The van der Waals surface area contributed by atoms with Gasteiger partial charge in [-0.25, -0.2) is 9.97 Å². The maximum Gasteiger partial charge on any atom is 0.226 e. The predicted octanol–water partition coefficient (Wildman–Crippen LogP) is 0.943. The molecule has 2 heterocycles. The summed E-state index contributed by atoms with van der Waals surface area (Å²) in [5.74, 6) is 1.53. The van der Waals surface area contributed by atoms with E-state index in [0.29, 0.717) is 5.95 Å². The van der Waals surface area contributed by atoms with E-state index in [1.807, 2.05) is 32.0 Å². The zero-order valence-electron chi connectivity index (χ0n) is 11.7. The van der Waals surface area contributed by atoms with E-state index in [0.717, 1.165) is 18.1 Å². The fourth-order valence-corrected chi connectivity index (χ4v) is 1.73. The van der Waals surface area contributed by atoms with Crippen molar-refractivity contribution < 1.29 is 0 Å². The molecule has 0 unspecified atom stereocenters. The molecule has 7 nitrogen and oxygen atoms in total. The lowest BCUT2D eigenvalue weighted by atomic mass is 10.3. The third-order valence-corrected chi connectivity index (χ3v) is 2.56. The van der Waals surface area contributed by atoms with Crippen LogP contribution in [0.4, 0.5) is 11.8 Å². The van der Waals surface area contributed by atoms with E-state index in [1.54, 1.807) is 11.0 Å². The molecule has 0 saturated heterocycles. The highest BCUT2D eigenvalue weighted by Gasteiger charge is 2.08. The molecule has 0 amide bonds. The van der Waals surface area contributed by atoms with E-state index in [9.17, 15) is 0 Å². The van der Waals surface area contributed by atoms with Gasteiger partial charge in [-0.05, 0) is 13.8 Å². The van der Waals surface area contributed by atoms with Gasteiger partial charge in [0.1, 0.15) is 18.5 Å². The third-order valence-electron chi connectivity index (χ3n) is 2.56. The zero-order chi connectivity index (χ0) is 13.8. The van der Waals surface area contributed by atoms with Gasteiger partial charge >= 0.3 is 0 Å². The highest BCUT2D eigenvalue weighted by atomic mass is 15.3. The maximum atomic E-state index is 4.46. The summed E-state index contributed by atoms with van der Waals surface area (Å²) in [7, 11) is 3.86. The van der Waals surface area contributed by atoms with Crippen molar-refractivity contribution in [2.24, 2.45) is 0 Å². The molecule has 102 valence electrons. The van der Waals surface area contributed by atoms with Gasteiger partial charge in [0.25, 0.3) is 0 Å². The Hall–Kier alpha value is -2.18. The molecular weight excluding hydrogens is 242 g/mol. The molecule has 2 aromatic heterocycles. The molecule has 0 fully saturated rings. The summed E-state index contributed by atoms with van der Waals surface area (Å²) in [6.07, 6.45) is 3.24. The standard InChI is InChI=1S/C12H19N7/c1-9-5-11(17-12(16-9)18(3)4)15-10(2)6-19-8-13-7-14-19/h5,7-8,10H,6H2,1-4H3,(H,15,16,17)/t10-/m1/s1. The van der Waals surface area contributed by atoms with Gasteiger partial charge in [0.05, 0.1) is 6.54 Å². The Labute approximate surface area is 112 Å². The number of hydrogen-bond donors (Lipinski definition) is 1. The second kappa shape index (κ2) is 5.64. The van der Waals surface area contributed by atoms with Crippen LogP contribution in [-0.2, 0) is 6.54 Å².